The smallest absolute Gasteiger partial charge is 0.338 e. The molecule has 5 nitrogen and oxygen atoms in total. The van der Waals surface area contributed by atoms with Crippen LogP contribution in [0, 0.1) is 23.2 Å². The van der Waals surface area contributed by atoms with E-state index in [1.54, 1.807) is 6.92 Å². The fourth-order valence-corrected chi connectivity index (χ4v) is 7.34. The van der Waals surface area contributed by atoms with Gasteiger partial charge in [-0.2, -0.15) is 0 Å². The minimum Gasteiger partial charge on any atom is -0.451 e. The van der Waals surface area contributed by atoms with Gasteiger partial charge in [0.15, 0.2) is 21.7 Å². The Morgan fingerprint density at radius 2 is 1.64 bits per heavy atom. The van der Waals surface area contributed by atoms with Gasteiger partial charge in [0.1, 0.15) is 0 Å². The van der Waals surface area contributed by atoms with Gasteiger partial charge in [-0.15, -0.1) is 0 Å². The molecule has 1 atom stereocenters. The van der Waals surface area contributed by atoms with Crippen molar-refractivity contribution in [3.8, 4) is 0 Å². The van der Waals surface area contributed by atoms with Gasteiger partial charge in [0, 0.05) is 11.7 Å². The van der Waals surface area contributed by atoms with Crippen molar-refractivity contribution in [2.75, 3.05) is 6.26 Å². The number of ether oxygens (including phenoxy) is 1. The van der Waals surface area contributed by atoms with E-state index in [1.807, 2.05) is 0 Å². The second kappa shape index (κ2) is 6.84. The molecule has 0 aliphatic heterocycles. The molecule has 0 radical (unpaired) electrons. The van der Waals surface area contributed by atoms with E-state index < -0.39 is 21.9 Å². The van der Waals surface area contributed by atoms with Crippen LogP contribution in [0.5, 0.6) is 0 Å². The van der Waals surface area contributed by atoms with E-state index >= 15 is 0 Å². The lowest BCUT2D eigenvalue weighted by atomic mass is 9.48. The van der Waals surface area contributed by atoms with Crippen LogP contribution in [-0.2, 0) is 19.4 Å². The Balaban J connectivity index is 1.50. The van der Waals surface area contributed by atoms with E-state index in [-0.39, 0.29) is 26.7 Å². The van der Waals surface area contributed by atoms with Gasteiger partial charge in [-0.25, -0.2) is 13.2 Å². The molecule has 4 aliphatic rings. The molecule has 1 unspecified atom stereocenters. The lowest BCUT2D eigenvalue weighted by molar-refractivity contribution is -0.152. The van der Waals surface area contributed by atoms with Crippen molar-refractivity contribution < 1.29 is 22.7 Å². The highest BCUT2D eigenvalue weighted by Gasteiger charge is 2.55. The van der Waals surface area contributed by atoms with E-state index in [2.05, 4.69) is 0 Å². The van der Waals surface area contributed by atoms with Gasteiger partial charge in [0.2, 0.25) is 0 Å². The quantitative estimate of drug-likeness (QED) is 0.665. The number of carbonyl (C=O) groups is 2. The number of sulfone groups is 1. The number of halogens is 1. The molecule has 4 saturated carbocycles. The van der Waals surface area contributed by atoms with Crippen LogP contribution in [0.3, 0.4) is 0 Å². The van der Waals surface area contributed by atoms with Crippen molar-refractivity contribution in [3.63, 3.8) is 0 Å². The standard InChI is InChI=1S/C21H25ClO5S/c1-12(19(23)21-9-13-5-14(10-21)7-15(6-13)11-21)27-20(24)16-3-4-17(22)18(8-16)28(2,25)26/h3-4,8,12-15H,5-7,9-11H2,1-2H3. The van der Waals surface area contributed by atoms with Crippen molar-refractivity contribution in [1.82, 2.24) is 0 Å². The normalized spacial score (nSPS) is 32.2. The van der Waals surface area contributed by atoms with Gasteiger partial charge >= 0.3 is 5.97 Å². The Labute approximate surface area is 170 Å². The molecule has 0 spiro atoms. The third-order valence-electron chi connectivity index (χ3n) is 6.78. The van der Waals surface area contributed by atoms with Gasteiger partial charge < -0.3 is 4.74 Å². The molecule has 1 aromatic carbocycles. The van der Waals surface area contributed by atoms with Gasteiger partial charge in [-0.3, -0.25) is 4.79 Å². The van der Waals surface area contributed by atoms with E-state index in [9.17, 15) is 18.0 Å². The summed E-state index contributed by atoms with van der Waals surface area (Å²) in [5.41, 5.74) is -0.262. The number of hydrogen-bond donors (Lipinski definition) is 0. The molecule has 7 heteroatoms. The molecule has 5 rings (SSSR count). The van der Waals surface area contributed by atoms with Gasteiger partial charge in [0.25, 0.3) is 0 Å². The minimum atomic E-state index is -3.57. The topological polar surface area (TPSA) is 77.5 Å². The summed E-state index contributed by atoms with van der Waals surface area (Å²) in [5, 5.41) is 0.0525. The molecule has 0 saturated heterocycles. The summed E-state index contributed by atoms with van der Waals surface area (Å²) in [7, 11) is -3.57. The maximum absolute atomic E-state index is 13.2. The Kier molecular flexibility index (Phi) is 4.86. The maximum Gasteiger partial charge on any atom is 0.338 e. The molecule has 4 aliphatic carbocycles. The monoisotopic (exact) mass is 424 g/mol. The van der Waals surface area contributed by atoms with Crippen LogP contribution in [0.25, 0.3) is 0 Å². The molecular formula is C21H25ClO5S. The summed E-state index contributed by atoms with van der Waals surface area (Å²) in [5.74, 6) is 1.22. The highest BCUT2D eigenvalue weighted by molar-refractivity contribution is 7.90. The first-order valence-corrected chi connectivity index (χ1v) is 12.1. The third-order valence-corrected chi connectivity index (χ3v) is 8.36. The number of rotatable bonds is 5. The predicted octanol–water partition coefficient (Wildman–Crippen LogP) is 4.07. The van der Waals surface area contributed by atoms with Crippen LogP contribution in [0.4, 0.5) is 0 Å². The molecule has 152 valence electrons. The molecule has 28 heavy (non-hydrogen) atoms. The molecule has 4 fully saturated rings. The van der Waals surface area contributed by atoms with Crippen molar-refractivity contribution in [3.05, 3.63) is 28.8 Å². The first-order valence-electron chi connectivity index (χ1n) is 9.82. The molecule has 0 amide bonds. The minimum absolute atomic E-state index is 0.0252. The fourth-order valence-electron chi connectivity index (χ4n) is 6.04. The summed E-state index contributed by atoms with van der Waals surface area (Å²) in [6.45, 7) is 1.63. The van der Waals surface area contributed by atoms with E-state index in [0.717, 1.165) is 25.5 Å². The lowest BCUT2D eigenvalue weighted by Gasteiger charge is -2.56. The average molecular weight is 425 g/mol. The van der Waals surface area contributed by atoms with Crippen LogP contribution in [0.15, 0.2) is 23.1 Å². The summed E-state index contributed by atoms with van der Waals surface area (Å²) >= 11 is 5.93. The molecule has 1 aromatic rings. The number of Topliss-reactive ketones (excluding diaryl/α,β-unsaturated/α-hetero) is 1. The Bertz CT molecular complexity index is 901. The van der Waals surface area contributed by atoms with E-state index in [4.69, 9.17) is 16.3 Å². The van der Waals surface area contributed by atoms with Crippen molar-refractivity contribution >= 4 is 33.2 Å². The van der Waals surface area contributed by atoms with Gasteiger partial charge in [0.05, 0.1) is 15.5 Å². The Morgan fingerprint density at radius 1 is 1.11 bits per heavy atom. The summed E-state index contributed by atoms with van der Waals surface area (Å²) in [6, 6.07) is 3.99. The SMILES string of the molecule is CC(OC(=O)c1ccc(Cl)c(S(C)(=O)=O)c1)C(=O)C12CC3CC(CC(C3)C1)C2. The second-order valence-corrected chi connectivity index (χ2v) is 11.4. The molecule has 0 heterocycles. The number of esters is 1. The van der Waals surface area contributed by atoms with E-state index in [1.165, 1.54) is 37.5 Å². The first-order chi connectivity index (χ1) is 13.1. The number of benzene rings is 1. The van der Waals surface area contributed by atoms with Crippen molar-refractivity contribution in [1.29, 1.82) is 0 Å². The Morgan fingerprint density at radius 3 is 2.14 bits per heavy atom. The van der Waals surface area contributed by atoms with Crippen LogP contribution >= 0.6 is 11.6 Å². The van der Waals surface area contributed by atoms with Crippen LogP contribution < -0.4 is 0 Å². The summed E-state index contributed by atoms with van der Waals surface area (Å²) < 4.78 is 29.1. The zero-order chi connectivity index (χ0) is 20.3. The van der Waals surface area contributed by atoms with Crippen LogP contribution in [0.1, 0.15) is 55.8 Å². The van der Waals surface area contributed by atoms with Crippen LogP contribution in [0.2, 0.25) is 5.02 Å². The van der Waals surface area contributed by atoms with Crippen LogP contribution in [-0.4, -0.2) is 32.5 Å². The highest BCUT2D eigenvalue weighted by Crippen LogP contribution is 2.60. The first kappa shape index (κ1) is 19.9. The number of ketones is 1. The second-order valence-electron chi connectivity index (χ2n) is 9.03. The zero-order valence-electron chi connectivity index (χ0n) is 16.1. The fraction of sp³-hybridized carbons (Fsp3) is 0.619. The van der Waals surface area contributed by atoms with Gasteiger partial charge in [-0.05, 0) is 81.4 Å². The third kappa shape index (κ3) is 3.50. The molecule has 0 N–H and O–H groups in total. The van der Waals surface area contributed by atoms with Crippen molar-refractivity contribution in [2.24, 2.45) is 23.2 Å². The maximum atomic E-state index is 13.2. The predicted molar refractivity (Wildman–Crippen MR) is 105 cm³/mol. The largest absolute Gasteiger partial charge is 0.451 e. The molecule has 0 aromatic heterocycles. The molecular weight excluding hydrogens is 400 g/mol. The number of carbonyl (C=O) groups excluding carboxylic acids is 2. The summed E-state index contributed by atoms with van der Waals surface area (Å²) in [4.78, 5) is 25.7. The Hall–Kier alpha value is -1.40. The number of hydrogen-bond acceptors (Lipinski definition) is 5. The highest BCUT2D eigenvalue weighted by atomic mass is 35.5. The van der Waals surface area contributed by atoms with Crippen molar-refractivity contribution in [2.45, 2.75) is 56.4 Å². The lowest BCUT2D eigenvalue weighted by Crippen LogP contribution is -2.52. The van der Waals surface area contributed by atoms with E-state index in [0.29, 0.717) is 17.8 Å². The zero-order valence-corrected chi connectivity index (χ0v) is 17.7. The van der Waals surface area contributed by atoms with Gasteiger partial charge in [-0.1, -0.05) is 11.6 Å². The molecule has 4 bridgehead atoms. The summed E-state index contributed by atoms with van der Waals surface area (Å²) in [6.07, 6.45) is 6.64. The average Bonchev–Trinajstić information content (AvgIpc) is 2.59.